The molecule has 1 atom stereocenters. The van der Waals surface area contributed by atoms with Crippen LogP contribution in [0.2, 0.25) is 0 Å². The van der Waals surface area contributed by atoms with Crippen LogP contribution >= 0.6 is 0 Å². The van der Waals surface area contributed by atoms with Crippen molar-refractivity contribution in [3.05, 3.63) is 40.8 Å². The fourth-order valence-corrected chi connectivity index (χ4v) is 2.80. The standard InChI is InChI=1S/C19H26OS/c1-4-6-8-9-11-18(10-7-5-2)16-21(20)19-14-12-17(3)13-15-19/h12-16H,4-8,10H2,1-3H3/b18-16+/t21-/m1/s1. The van der Waals surface area contributed by atoms with Crippen LogP contribution in [0.3, 0.4) is 0 Å². The van der Waals surface area contributed by atoms with Crippen LogP contribution in [0.5, 0.6) is 0 Å². The van der Waals surface area contributed by atoms with Gasteiger partial charge in [0.25, 0.3) is 0 Å². The average Bonchev–Trinajstić information content (AvgIpc) is 2.49. The number of benzene rings is 1. The molecule has 1 aromatic carbocycles. The summed E-state index contributed by atoms with van der Waals surface area (Å²) in [6, 6.07) is 7.87. The van der Waals surface area contributed by atoms with Gasteiger partial charge in [0.2, 0.25) is 0 Å². The Balaban J connectivity index is 2.81. The first kappa shape index (κ1) is 17.7. The van der Waals surface area contributed by atoms with Gasteiger partial charge < -0.3 is 0 Å². The van der Waals surface area contributed by atoms with E-state index in [-0.39, 0.29) is 0 Å². The van der Waals surface area contributed by atoms with E-state index in [4.69, 9.17) is 0 Å². The molecule has 0 aliphatic rings. The molecule has 0 amide bonds. The second-order valence-electron chi connectivity index (χ2n) is 5.26. The molecule has 0 aliphatic carbocycles. The lowest BCUT2D eigenvalue weighted by Gasteiger charge is -2.01. The molecule has 1 nitrogen and oxygen atoms in total. The number of allylic oxidation sites excluding steroid dienone is 1. The Bertz CT molecular complexity index is 529. The fourth-order valence-electron chi connectivity index (χ4n) is 1.83. The molecule has 0 unspecified atom stereocenters. The number of hydrogen-bond donors (Lipinski definition) is 0. The van der Waals surface area contributed by atoms with E-state index in [0.717, 1.165) is 49.0 Å². The molecule has 0 heterocycles. The van der Waals surface area contributed by atoms with Gasteiger partial charge in [-0.2, -0.15) is 0 Å². The first-order chi connectivity index (χ1) is 10.2. The first-order valence-corrected chi connectivity index (χ1v) is 9.05. The summed E-state index contributed by atoms with van der Waals surface area (Å²) < 4.78 is 12.4. The molecule has 0 saturated carbocycles. The Hall–Kier alpha value is -1.33. The number of unbranched alkanes of at least 4 members (excludes halogenated alkanes) is 3. The minimum atomic E-state index is -1.10. The third-order valence-electron chi connectivity index (χ3n) is 3.21. The van der Waals surface area contributed by atoms with Crippen molar-refractivity contribution in [3.63, 3.8) is 0 Å². The van der Waals surface area contributed by atoms with Gasteiger partial charge in [-0.05, 0) is 38.3 Å². The van der Waals surface area contributed by atoms with Crippen LogP contribution in [-0.4, -0.2) is 4.21 Å². The minimum Gasteiger partial charge on any atom is -0.250 e. The van der Waals surface area contributed by atoms with Crippen LogP contribution in [0.25, 0.3) is 0 Å². The summed E-state index contributed by atoms with van der Waals surface area (Å²) in [5, 5.41) is 1.83. The summed E-state index contributed by atoms with van der Waals surface area (Å²) in [5.41, 5.74) is 2.21. The lowest BCUT2D eigenvalue weighted by Crippen LogP contribution is -1.90. The highest BCUT2D eigenvalue weighted by Gasteiger charge is 2.02. The van der Waals surface area contributed by atoms with Crippen LogP contribution in [0.15, 0.2) is 40.1 Å². The van der Waals surface area contributed by atoms with E-state index in [0.29, 0.717) is 0 Å². The van der Waals surface area contributed by atoms with Gasteiger partial charge in [0, 0.05) is 22.3 Å². The predicted molar refractivity (Wildman–Crippen MR) is 92.5 cm³/mol. The highest BCUT2D eigenvalue weighted by molar-refractivity contribution is 7.88. The highest BCUT2D eigenvalue weighted by atomic mass is 32.2. The monoisotopic (exact) mass is 302 g/mol. The molecule has 2 heteroatoms. The van der Waals surface area contributed by atoms with Gasteiger partial charge in [-0.3, -0.25) is 0 Å². The van der Waals surface area contributed by atoms with E-state index >= 15 is 0 Å². The van der Waals surface area contributed by atoms with Crippen LogP contribution in [0.4, 0.5) is 0 Å². The molecular formula is C19H26OS. The van der Waals surface area contributed by atoms with Gasteiger partial charge in [0.1, 0.15) is 0 Å². The summed E-state index contributed by atoms with van der Waals surface area (Å²) in [7, 11) is -1.10. The molecule has 0 radical (unpaired) electrons. The number of rotatable bonds is 7. The Morgan fingerprint density at radius 1 is 1.14 bits per heavy atom. The first-order valence-electron chi connectivity index (χ1n) is 7.84. The third kappa shape index (κ3) is 7.29. The summed E-state index contributed by atoms with van der Waals surface area (Å²) >= 11 is 0. The molecule has 0 spiro atoms. The smallest absolute Gasteiger partial charge is 0.0785 e. The zero-order chi connectivity index (χ0) is 15.5. The maximum atomic E-state index is 12.4. The van der Waals surface area contributed by atoms with Crippen LogP contribution < -0.4 is 0 Å². The lowest BCUT2D eigenvalue weighted by atomic mass is 10.1. The molecule has 0 saturated heterocycles. The Labute approximate surface area is 132 Å². The van der Waals surface area contributed by atoms with Crippen molar-refractivity contribution in [2.24, 2.45) is 0 Å². The predicted octanol–water partition coefficient (Wildman–Crippen LogP) is 5.37. The molecule has 1 rings (SSSR count). The van der Waals surface area contributed by atoms with Crippen molar-refractivity contribution in [1.82, 2.24) is 0 Å². The van der Waals surface area contributed by atoms with Crippen LogP contribution in [-0.2, 0) is 10.8 Å². The van der Waals surface area contributed by atoms with E-state index in [1.807, 2.05) is 36.6 Å². The van der Waals surface area contributed by atoms with E-state index < -0.39 is 10.8 Å². The molecule has 114 valence electrons. The van der Waals surface area contributed by atoms with Crippen molar-refractivity contribution < 1.29 is 4.21 Å². The molecule has 1 aromatic rings. The van der Waals surface area contributed by atoms with Crippen molar-refractivity contribution in [2.75, 3.05) is 0 Å². The Morgan fingerprint density at radius 2 is 1.81 bits per heavy atom. The summed E-state index contributed by atoms with van der Waals surface area (Å²) in [6.07, 6.45) is 6.38. The van der Waals surface area contributed by atoms with Gasteiger partial charge in [-0.25, -0.2) is 4.21 Å². The van der Waals surface area contributed by atoms with E-state index in [2.05, 4.69) is 25.7 Å². The van der Waals surface area contributed by atoms with Crippen molar-refractivity contribution >= 4 is 10.8 Å². The lowest BCUT2D eigenvalue weighted by molar-refractivity contribution is 0.688. The number of hydrogen-bond acceptors (Lipinski definition) is 1. The second kappa shape index (κ2) is 10.4. The molecule has 0 N–H and O–H groups in total. The fraction of sp³-hybridized carbons (Fsp3) is 0.474. The molecule has 0 fully saturated rings. The zero-order valence-electron chi connectivity index (χ0n) is 13.4. The van der Waals surface area contributed by atoms with Gasteiger partial charge in [0.15, 0.2) is 0 Å². The molecular weight excluding hydrogens is 276 g/mol. The van der Waals surface area contributed by atoms with Gasteiger partial charge >= 0.3 is 0 Å². The van der Waals surface area contributed by atoms with Gasteiger partial charge in [-0.1, -0.05) is 56.2 Å². The van der Waals surface area contributed by atoms with Gasteiger partial charge in [0.05, 0.1) is 10.8 Å². The minimum absolute atomic E-state index is 0.852. The molecule has 0 aromatic heterocycles. The topological polar surface area (TPSA) is 17.1 Å². The Morgan fingerprint density at radius 3 is 2.43 bits per heavy atom. The van der Waals surface area contributed by atoms with Crippen molar-refractivity contribution in [3.8, 4) is 11.8 Å². The molecule has 0 aliphatic heterocycles. The van der Waals surface area contributed by atoms with E-state index in [1.54, 1.807) is 0 Å². The quantitative estimate of drug-likeness (QED) is 0.489. The molecule has 21 heavy (non-hydrogen) atoms. The van der Waals surface area contributed by atoms with Gasteiger partial charge in [-0.15, -0.1) is 0 Å². The second-order valence-corrected chi connectivity index (χ2v) is 6.56. The summed E-state index contributed by atoms with van der Waals surface area (Å²) in [5.74, 6) is 6.43. The number of aryl methyl sites for hydroxylation is 1. The third-order valence-corrected chi connectivity index (χ3v) is 4.44. The molecule has 0 bridgehead atoms. The van der Waals surface area contributed by atoms with Crippen molar-refractivity contribution in [2.45, 2.75) is 64.2 Å². The Kier molecular flexibility index (Phi) is 8.78. The zero-order valence-corrected chi connectivity index (χ0v) is 14.3. The van der Waals surface area contributed by atoms with E-state index in [9.17, 15) is 4.21 Å². The summed E-state index contributed by atoms with van der Waals surface area (Å²) in [6.45, 7) is 6.37. The largest absolute Gasteiger partial charge is 0.250 e. The van der Waals surface area contributed by atoms with Crippen LogP contribution in [0.1, 0.15) is 57.9 Å². The van der Waals surface area contributed by atoms with E-state index in [1.165, 1.54) is 5.56 Å². The normalized spacial score (nSPS) is 12.6. The SMILES string of the molecule is CCCCC#C/C(=C/[S@@](=O)c1ccc(C)cc1)CCCC. The summed E-state index contributed by atoms with van der Waals surface area (Å²) in [4.78, 5) is 0.852. The maximum absolute atomic E-state index is 12.4. The average molecular weight is 302 g/mol. The maximum Gasteiger partial charge on any atom is 0.0785 e. The van der Waals surface area contributed by atoms with Crippen LogP contribution in [0, 0.1) is 18.8 Å². The van der Waals surface area contributed by atoms with Crippen molar-refractivity contribution in [1.29, 1.82) is 0 Å². The highest BCUT2D eigenvalue weighted by Crippen LogP contribution is 2.14.